The molecule has 25 heavy (non-hydrogen) atoms. The van der Waals surface area contributed by atoms with Gasteiger partial charge in [0.05, 0.1) is 23.9 Å². The number of aromatic nitrogens is 3. The molecule has 3 atom stereocenters. The summed E-state index contributed by atoms with van der Waals surface area (Å²) < 4.78 is 0. The highest BCUT2D eigenvalue weighted by molar-refractivity contribution is 5.94. The third-order valence-electron chi connectivity index (χ3n) is 4.47. The monoisotopic (exact) mass is 343 g/mol. The van der Waals surface area contributed by atoms with Gasteiger partial charge >= 0.3 is 0 Å². The molecule has 1 aliphatic carbocycles. The highest BCUT2D eigenvalue weighted by Crippen LogP contribution is 2.28. The maximum absolute atomic E-state index is 12.6. The molecule has 3 N–H and O–H groups in total. The average Bonchev–Trinajstić information content (AvgIpc) is 3.26. The summed E-state index contributed by atoms with van der Waals surface area (Å²) in [5.74, 6) is -0.663. The lowest BCUT2D eigenvalue weighted by Crippen LogP contribution is -2.40. The highest BCUT2D eigenvalue weighted by Gasteiger charge is 2.38. The smallest absolute Gasteiger partial charge is 0.254 e. The van der Waals surface area contributed by atoms with Crippen molar-refractivity contribution in [3.8, 4) is 0 Å². The van der Waals surface area contributed by atoms with Crippen LogP contribution in [0.2, 0.25) is 0 Å². The van der Waals surface area contributed by atoms with Crippen molar-refractivity contribution in [1.82, 2.24) is 25.4 Å². The van der Waals surface area contributed by atoms with Gasteiger partial charge in [-0.05, 0) is 24.5 Å². The summed E-state index contributed by atoms with van der Waals surface area (Å²) in [5.41, 5.74) is 1.34. The molecule has 3 rings (SSSR count). The summed E-state index contributed by atoms with van der Waals surface area (Å²) in [5, 5.41) is 19.3. The zero-order valence-electron chi connectivity index (χ0n) is 13.9. The third kappa shape index (κ3) is 4.03. The van der Waals surface area contributed by atoms with Gasteiger partial charge in [-0.15, -0.1) is 0 Å². The molecule has 0 bridgehead atoms. The van der Waals surface area contributed by atoms with Crippen LogP contribution in [0, 0.1) is 5.92 Å². The second kappa shape index (κ2) is 7.43. The Bertz CT molecular complexity index is 719. The first-order valence-corrected chi connectivity index (χ1v) is 8.16. The van der Waals surface area contributed by atoms with E-state index in [1.807, 2.05) is 12.1 Å². The van der Waals surface area contributed by atoms with Crippen molar-refractivity contribution in [2.24, 2.45) is 5.92 Å². The maximum Gasteiger partial charge on any atom is 0.254 e. The standard InChI is InChI=1S/C17H21N5O3/c1-22(10-11-3-2-4-18-7-11)17(25)12-5-14(15(23)6-12)21-16(24)13-8-19-20-9-13/h2-4,7-9,12,14-15,23H,5-6,10H2,1H3,(H,19,20)(H,21,24)/t12-,14+,15+/m0/s1. The predicted molar refractivity (Wildman–Crippen MR) is 89.3 cm³/mol. The minimum Gasteiger partial charge on any atom is -0.391 e. The number of hydrogen-bond donors (Lipinski definition) is 3. The van der Waals surface area contributed by atoms with Crippen LogP contribution in [0.3, 0.4) is 0 Å². The molecule has 0 radical (unpaired) electrons. The van der Waals surface area contributed by atoms with Gasteiger partial charge in [-0.2, -0.15) is 5.10 Å². The molecule has 0 aliphatic heterocycles. The van der Waals surface area contributed by atoms with Crippen LogP contribution in [-0.4, -0.2) is 56.2 Å². The number of pyridine rings is 1. The van der Waals surface area contributed by atoms with Gasteiger partial charge in [0.2, 0.25) is 5.91 Å². The second-order valence-corrected chi connectivity index (χ2v) is 6.36. The van der Waals surface area contributed by atoms with Gasteiger partial charge in [-0.25, -0.2) is 0 Å². The lowest BCUT2D eigenvalue weighted by molar-refractivity contribution is -0.134. The van der Waals surface area contributed by atoms with Crippen molar-refractivity contribution in [3.05, 3.63) is 48.0 Å². The SMILES string of the molecule is CN(Cc1cccnc1)C(=O)[C@@H]1C[C@@H](O)[C@H](NC(=O)c2cn[nH]c2)C1. The van der Waals surface area contributed by atoms with Crippen LogP contribution in [0.1, 0.15) is 28.8 Å². The lowest BCUT2D eigenvalue weighted by atomic mass is 10.1. The van der Waals surface area contributed by atoms with Crippen LogP contribution in [-0.2, 0) is 11.3 Å². The summed E-state index contributed by atoms with van der Waals surface area (Å²) in [6.45, 7) is 0.464. The van der Waals surface area contributed by atoms with E-state index in [1.165, 1.54) is 12.4 Å². The first-order valence-electron chi connectivity index (χ1n) is 8.16. The van der Waals surface area contributed by atoms with E-state index in [-0.39, 0.29) is 17.7 Å². The van der Waals surface area contributed by atoms with Gasteiger partial charge in [0.1, 0.15) is 0 Å². The number of rotatable bonds is 5. The summed E-state index contributed by atoms with van der Waals surface area (Å²) in [6, 6.07) is 3.30. The first-order chi connectivity index (χ1) is 12.0. The topological polar surface area (TPSA) is 111 Å². The molecule has 8 nitrogen and oxygen atoms in total. The Morgan fingerprint density at radius 1 is 1.40 bits per heavy atom. The molecular formula is C17H21N5O3. The molecular weight excluding hydrogens is 322 g/mol. The average molecular weight is 343 g/mol. The van der Waals surface area contributed by atoms with Crippen LogP contribution in [0.5, 0.6) is 0 Å². The Hall–Kier alpha value is -2.74. The molecule has 0 spiro atoms. The molecule has 2 amide bonds. The number of nitrogens with zero attached hydrogens (tertiary/aromatic N) is 3. The van der Waals surface area contributed by atoms with E-state index in [9.17, 15) is 14.7 Å². The quantitative estimate of drug-likeness (QED) is 0.725. The fourth-order valence-electron chi connectivity index (χ4n) is 3.15. The van der Waals surface area contributed by atoms with Gasteiger partial charge in [-0.1, -0.05) is 6.07 Å². The van der Waals surface area contributed by atoms with Gasteiger partial charge < -0.3 is 15.3 Å². The number of carbonyl (C=O) groups excluding carboxylic acids is 2. The molecule has 1 fully saturated rings. The minimum absolute atomic E-state index is 0.0389. The van der Waals surface area contributed by atoms with E-state index in [1.54, 1.807) is 24.3 Å². The van der Waals surface area contributed by atoms with Crippen molar-refractivity contribution < 1.29 is 14.7 Å². The van der Waals surface area contributed by atoms with Gasteiger partial charge in [0, 0.05) is 38.1 Å². The fourth-order valence-corrected chi connectivity index (χ4v) is 3.15. The molecule has 2 aromatic rings. The zero-order valence-corrected chi connectivity index (χ0v) is 13.9. The van der Waals surface area contributed by atoms with E-state index in [0.717, 1.165) is 5.56 Å². The minimum atomic E-state index is -0.739. The molecule has 2 heterocycles. The molecule has 0 unspecified atom stereocenters. The van der Waals surface area contributed by atoms with E-state index in [0.29, 0.717) is 24.9 Å². The zero-order chi connectivity index (χ0) is 17.8. The van der Waals surface area contributed by atoms with Crippen molar-refractivity contribution >= 4 is 11.8 Å². The Labute approximate surface area is 145 Å². The Kier molecular flexibility index (Phi) is 5.08. The molecule has 1 aliphatic rings. The van der Waals surface area contributed by atoms with Crippen LogP contribution in [0.15, 0.2) is 36.9 Å². The second-order valence-electron chi connectivity index (χ2n) is 6.36. The van der Waals surface area contributed by atoms with Gasteiger partial charge in [0.15, 0.2) is 0 Å². The summed E-state index contributed by atoms with van der Waals surface area (Å²) in [4.78, 5) is 30.4. The van der Waals surface area contributed by atoms with E-state index >= 15 is 0 Å². The van der Waals surface area contributed by atoms with Crippen LogP contribution in [0.25, 0.3) is 0 Å². The summed E-state index contributed by atoms with van der Waals surface area (Å²) >= 11 is 0. The van der Waals surface area contributed by atoms with E-state index < -0.39 is 12.1 Å². The maximum atomic E-state index is 12.6. The number of nitrogens with one attached hydrogen (secondary N) is 2. The predicted octanol–water partition coefficient (Wildman–Crippen LogP) is 0.333. The van der Waals surface area contributed by atoms with Crippen LogP contribution >= 0.6 is 0 Å². The van der Waals surface area contributed by atoms with Crippen molar-refractivity contribution in [3.63, 3.8) is 0 Å². The molecule has 0 saturated heterocycles. The number of H-pyrrole nitrogens is 1. The number of amides is 2. The molecule has 8 heteroatoms. The summed E-state index contributed by atoms with van der Waals surface area (Å²) in [7, 11) is 1.74. The lowest BCUT2D eigenvalue weighted by Gasteiger charge is -2.21. The van der Waals surface area contributed by atoms with E-state index in [4.69, 9.17) is 0 Å². The fraction of sp³-hybridized carbons (Fsp3) is 0.412. The molecule has 132 valence electrons. The number of aliphatic hydroxyl groups excluding tert-OH is 1. The Morgan fingerprint density at radius 3 is 2.92 bits per heavy atom. The summed E-state index contributed by atoms with van der Waals surface area (Å²) in [6.07, 6.45) is 6.33. The molecule has 0 aromatic carbocycles. The molecule has 2 aromatic heterocycles. The van der Waals surface area contributed by atoms with Crippen molar-refractivity contribution in [1.29, 1.82) is 0 Å². The number of carbonyl (C=O) groups is 2. The van der Waals surface area contributed by atoms with Crippen LogP contribution in [0.4, 0.5) is 0 Å². The first kappa shape index (κ1) is 17.1. The third-order valence-corrected chi connectivity index (χ3v) is 4.47. The number of aromatic amines is 1. The van der Waals surface area contributed by atoms with Gasteiger partial charge in [0.25, 0.3) is 5.91 Å². The molecule has 1 saturated carbocycles. The number of hydrogen-bond acceptors (Lipinski definition) is 5. The Balaban J connectivity index is 1.56. The highest BCUT2D eigenvalue weighted by atomic mass is 16.3. The van der Waals surface area contributed by atoms with Crippen molar-refractivity contribution in [2.45, 2.75) is 31.5 Å². The van der Waals surface area contributed by atoms with E-state index in [2.05, 4.69) is 20.5 Å². The normalized spacial score (nSPS) is 22.6. The largest absolute Gasteiger partial charge is 0.391 e. The van der Waals surface area contributed by atoms with Crippen molar-refractivity contribution in [2.75, 3.05) is 7.05 Å². The van der Waals surface area contributed by atoms with Crippen LogP contribution < -0.4 is 5.32 Å². The number of aliphatic hydroxyl groups is 1. The van der Waals surface area contributed by atoms with Gasteiger partial charge in [-0.3, -0.25) is 19.7 Å². The Morgan fingerprint density at radius 2 is 2.24 bits per heavy atom.